The molecule has 1 aliphatic rings. The van der Waals surface area contributed by atoms with E-state index in [1.54, 1.807) is 12.1 Å². The van der Waals surface area contributed by atoms with Crippen molar-refractivity contribution in [2.75, 3.05) is 6.54 Å². The van der Waals surface area contributed by atoms with E-state index >= 15 is 0 Å². The van der Waals surface area contributed by atoms with Gasteiger partial charge in [0.25, 0.3) is 0 Å². The van der Waals surface area contributed by atoms with Crippen LogP contribution in [0.4, 0.5) is 0 Å². The van der Waals surface area contributed by atoms with E-state index in [-0.39, 0.29) is 5.41 Å². The first-order valence-corrected chi connectivity index (χ1v) is 8.62. The van der Waals surface area contributed by atoms with E-state index in [0.717, 1.165) is 18.4 Å². The molecule has 20 heavy (non-hydrogen) atoms. The smallest absolute Gasteiger partial charge is 0.240 e. The van der Waals surface area contributed by atoms with Gasteiger partial charge in [0.15, 0.2) is 0 Å². The minimum Gasteiger partial charge on any atom is -0.310 e. The minimum atomic E-state index is -3.42. The highest BCUT2D eigenvalue weighted by atomic mass is 32.2. The Balaban J connectivity index is 2.13. The van der Waals surface area contributed by atoms with Gasteiger partial charge in [0, 0.05) is 19.1 Å². The molecule has 5 heteroatoms. The van der Waals surface area contributed by atoms with E-state index in [2.05, 4.69) is 17.0 Å². The summed E-state index contributed by atoms with van der Waals surface area (Å²) in [6, 6.07) is 7.51. The van der Waals surface area contributed by atoms with Crippen LogP contribution in [-0.2, 0) is 16.6 Å². The van der Waals surface area contributed by atoms with Gasteiger partial charge in [-0.25, -0.2) is 13.1 Å². The van der Waals surface area contributed by atoms with Crippen molar-refractivity contribution in [2.24, 2.45) is 5.41 Å². The van der Waals surface area contributed by atoms with Gasteiger partial charge >= 0.3 is 0 Å². The lowest BCUT2D eigenvalue weighted by molar-refractivity contribution is 0.528. The van der Waals surface area contributed by atoms with Crippen LogP contribution in [0.25, 0.3) is 0 Å². The van der Waals surface area contributed by atoms with Crippen molar-refractivity contribution in [3.05, 3.63) is 29.8 Å². The molecule has 1 aromatic rings. The first-order chi connectivity index (χ1) is 9.32. The first kappa shape index (κ1) is 15.5. The fourth-order valence-electron chi connectivity index (χ4n) is 1.96. The third kappa shape index (κ3) is 4.04. The summed E-state index contributed by atoms with van der Waals surface area (Å²) in [5.41, 5.74) is 0.979. The summed E-state index contributed by atoms with van der Waals surface area (Å²) < 4.78 is 27.6. The number of rotatable bonds is 7. The average Bonchev–Trinajstić information content (AvgIpc) is 3.13. The van der Waals surface area contributed by atoms with Crippen LogP contribution in [0.1, 0.15) is 39.2 Å². The maximum Gasteiger partial charge on any atom is 0.240 e. The van der Waals surface area contributed by atoms with Gasteiger partial charge in [-0.3, -0.25) is 0 Å². The Morgan fingerprint density at radius 1 is 1.25 bits per heavy atom. The Hall–Kier alpha value is -0.910. The van der Waals surface area contributed by atoms with Gasteiger partial charge in [0.05, 0.1) is 4.90 Å². The average molecular weight is 296 g/mol. The molecule has 0 aliphatic heterocycles. The molecule has 1 aromatic carbocycles. The summed E-state index contributed by atoms with van der Waals surface area (Å²) in [5, 5.41) is 3.27. The molecule has 1 fully saturated rings. The lowest BCUT2D eigenvalue weighted by atomic mass is 10.2. The predicted octanol–water partition coefficient (Wildman–Crippen LogP) is 2.26. The van der Waals surface area contributed by atoms with E-state index in [1.165, 1.54) is 0 Å². The van der Waals surface area contributed by atoms with E-state index < -0.39 is 10.0 Å². The molecule has 0 aromatic heterocycles. The van der Waals surface area contributed by atoms with E-state index in [0.29, 0.717) is 24.0 Å². The van der Waals surface area contributed by atoms with Crippen LogP contribution in [0, 0.1) is 5.41 Å². The van der Waals surface area contributed by atoms with Crippen molar-refractivity contribution in [2.45, 2.75) is 51.1 Å². The second kappa shape index (κ2) is 5.84. The summed E-state index contributed by atoms with van der Waals surface area (Å²) in [5.74, 6) is 0. The fraction of sp³-hybridized carbons (Fsp3) is 0.600. The lowest BCUT2D eigenvalue weighted by Crippen LogP contribution is -2.31. The van der Waals surface area contributed by atoms with Gasteiger partial charge in [-0.05, 0) is 29.9 Å². The third-order valence-electron chi connectivity index (χ3n) is 3.76. The summed E-state index contributed by atoms with van der Waals surface area (Å²) >= 11 is 0. The number of hydrogen-bond acceptors (Lipinski definition) is 3. The van der Waals surface area contributed by atoms with Gasteiger partial charge in [-0.15, -0.1) is 0 Å². The molecule has 0 amide bonds. The topological polar surface area (TPSA) is 58.2 Å². The molecular formula is C15H24N2O2S. The second-order valence-electron chi connectivity index (χ2n) is 6.28. The first-order valence-electron chi connectivity index (χ1n) is 7.13. The maximum absolute atomic E-state index is 12.4. The van der Waals surface area contributed by atoms with Crippen LogP contribution in [0.5, 0.6) is 0 Å². The molecule has 0 unspecified atom stereocenters. The molecule has 2 rings (SSSR count). The van der Waals surface area contributed by atoms with Crippen molar-refractivity contribution < 1.29 is 8.42 Å². The molecule has 0 spiro atoms. The Bertz CT molecular complexity index is 563. The molecule has 1 saturated carbocycles. The summed E-state index contributed by atoms with van der Waals surface area (Å²) in [6.07, 6.45) is 2.21. The van der Waals surface area contributed by atoms with Crippen molar-refractivity contribution >= 4 is 10.0 Å². The lowest BCUT2D eigenvalue weighted by Gasteiger charge is -2.15. The van der Waals surface area contributed by atoms with Crippen molar-refractivity contribution in [3.63, 3.8) is 0 Å². The monoisotopic (exact) mass is 296 g/mol. The van der Waals surface area contributed by atoms with Gasteiger partial charge in [0.1, 0.15) is 0 Å². The van der Waals surface area contributed by atoms with Crippen LogP contribution in [0.2, 0.25) is 0 Å². The summed E-state index contributed by atoms with van der Waals surface area (Å²) in [6.45, 7) is 7.29. The number of benzene rings is 1. The van der Waals surface area contributed by atoms with Crippen molar-refractivity contribution in [1.29, 1.82) is 0 Å². The SMILES string of the molecule is CC(C)NCc1ccccc1S(=O)(=O)NCC1(C)CC1. The highest BCUT2D eigenvalue weighted by Gasteiger charge is 2.38. The van der Waals surface area contributed by atoms with Gasteiger partial charge < -0.3 is 5.32 Å². The number of hydrogen-bond donors (Lipinski definition) is 2. The number of nitrogens with one attached hydrogen (secondary N) is 2. The highest BCUT2D eigenvalue weighted by Crippen LogP contribution is 2.44. The van der Waals surface area contributed by atoms with E-state index in [9.17, 15) is 8.42 Å². The molecule has 1 aliphatic carbocycles. The van der Waals surface area contributed by atoms with Gasteiger partial charge in [0.2, 0.25) is 10.0 Å². The zero-order chi connectivity index (χ0) is 14.8. The van der Waals surface area contributed by atoms with Crippen molar-refractivity contribution in [3.8, 4) is 0 Å². The third-order valence-corrected chi connectivity index (χ3v) is 5.26. The van der Waals surface area contributed by atoms with Crippen LogP contribution in [0.15, 0.2) is 29.2 Å². The molecule has 112 valence electrons. The van der Waals surface area contributed by atoms with Crippen LogP contribution >= 0.6 is 0 Å². The van der Waals surface area contributed by atoms with Crippen LogP contribution < -0.4 is 10.0 Å². The molecule has 2 N–H and O–H groups in total. The van der Waals surface area contributed by atoms with Crippen LogP contribution in [-0.4, -0.2) is 21.0 Å². The second-order valence-corrected chi connectivity index (χ2v) is 8.01. The van der Waals surface area contributed by atoms with E-state index in [1.807, 2.05) is 26.0 Å². The highest BCUT2D eigenvalue weighted by molar-refractivity contribution is 7.89. The van der Waals surface area contributed by atoms with E-state index in [4.69, 9.17) is 0 Å². The largest absolute Gasteiger partial charge is 0.310 e. The molecule has 0 heterocycles. The molecule has 0 atom stereocenters. The Kier molecular flexibility index (Phi) is 4.52. The molecular weight excluding hydrogens is 272 g/mol. The minimum absolute atomic E-state index is 0.165. The maximum atomic E-state index is 12.4. The fourth-order valence-corrected chi connectivity index (χ4v) is 3.40. The van der Waals surface area contributed by atoms with Gasteiger partial charge in [-0.1, -0.05) is 39.0 Å². The zero-order valence-electron chi connectivity index (χ0n) is 12.4. The molecule has 0 bridgehead atoms. The normalized spacial score (nSPS) is 17.4. The summed E-state index contributed by atoms with van der Waals surface area (Å²) in [7, 11) is -3.42. The Morgan fingerprint density at radius 3 is 2.50 bits per heavy atom. The quantitative estimate of drug-likeness (QED) is 0.811. The van der Waals surface area contributed by atoms with Crippen molar-refractivity contribution in [1.82, 2.24) is 10.0 Å². The standard InChI is InChI=1S/C15H24N2O2S/c1-12(2)16-10-13-6-4-5-7-14(13)20(18,19)17-11-15(3)8-9-15/h4-7,12,16-17H,8-11H2,1-3H3. The predicted molar refractivity (Wildman–Crippen MR) is 80.9 cm³/mol. The van der Waals surface area contributed by atoms with Crippen LogP contribution in [0.3, 0.4) is 0 Å². The number of sulfonamides is 1. The Morgan fingerprint density at radius 2 is 1.90 bits per heavy atom. The zero-order valence-corrected chi connectivity index (χ0v) is 13.3. The molecule has 0 radical (unpaired) electrons. The molecule has 4 nitrogen and oxygen atoms in total. The summed E-state index contributed by atoms with van der Waals surface area (Å²) in [4.78, 5) is 0.386. The van der Waals surface area contributed by atoms with Gasteiger partial charge in [-0.2, -0.15) is 0 Å². The Labute approximate surface area is 122 Å². The molecule has 0 saturated heterocycles.